The van der Waals surface area contributed by atoms with Crippen molar-refractivity contribution in [2.45, 2.75) is 38.7 Å². The summed E-state index contributed by atoms with van der Waals surface area (Å²) in [6.07, 6.45) is 3.91. The van der Waals surface area contributed by atoms with Crippen LogP contribution in [0.3, 0.4) is 0 Å². The summed E-state index contributed by atoms with van der Waals surface area (Å²) in [6, 6.07) is 9.71. The number of anilines is 2. The van der Waals surface area contributed by atoms with Gasteiger partial charge in [-0.1, -0.05) is 12.1 Å². The number of nitrogens with zero attached hydrogens (tertiary/aromatic N) is 4. The van der Waals surface area contributed by atoms with Gasteiger partial charge >= 0.3 is 6.09 Å². The standard InChI is InChI=1S/C26H28F2N4O2/c1-30-15-19(14-29-30)20-12-18-8-5-11-32(24(18)13-21(20)25(27)28)23-9-3-6-17-7-4-10-31(16-22(17)23)26(33)34-2/h3,6,9,12-15,25H,4-5,7-8,10-11,16H2,1-2H3. The number of aryl methyl sites for hydroxylation is 3. The average Bonchev–Trinajstić information content (AvgIpc) is 3.15. The van der Waals surface area contributed by atoms with E-state index in [1.54, 1.807) is 35.1 Å². The molecule has 0 atom stereocenters. The summed E-state index contributed by atoms with van der Waals surface area (Å²) in [4.78, 5) is 16.2. The number of carbonyl (C=O) groups excluding carboxylic acids is 1. The number of hydrogen-bond acceptors (Lipinski definition) is 4. The number of rotatable bonds is 3. The second-order valence-electron chi connectivity index (χ2n) is 8.94. The molecule has 3 aromatic rings. The second kappa shape index (κ2) is 9.08. The van der Waals surface area contributed by atoms with Crippen molar-refractivity contribution in [3.8, 4) is 11.1 Å². The van der Waals surface area contributed by atoms with Crippen LogP contribution < -0.4 is 4.90 Å². The summed E-state index contributed by atoms with van der Waals surface area (Å²) in [5, 5.41) is 4.17. The molecule has 0 saturated heterocycles. The van der Waals surface area contributed by atoms with Crippen molar-refractivity contribution < 1.29 is 18.3 Å². The maximum absolute atomic E-state index is 14.2. The topological polar surface area (TPSA) is 50.6 Å². The van der Waals surface area contributed by atoms with Crippen LogP contribution >= 0.6 is 0 Å². The van der Waals surface area contributed by atoms with Crippen molar-refractivity contribution in [1.29, 1.82) is 0 Å². The predicted octanol–water partition coefficient (Wildman–Crippen LogP) is 5.62. The van der Waals surface area contributed by atoms with Gasteiger partial charge in [-0.25, -0.2) is 13.6 Å². The number of ether oxygens (including phenoxy) is 1. The third-order valence-electron chi connectivity index (χ3n) is 6.82. The van der Waals surface area contributed by atoms with Gasteiger partial charge in [-0.15, -0.1) is 0 Å². The first-order valence-electron chi connectivity index (χ1n) is 11.6. The Labute approximate surface area is 197 Å². The van der Waals surface area contributed by atoms with Gasteiger partial charge in [-0.3, -0.25) is 4.68 Å². The molecule has 3 heterocycles. The fraction of sp³-hybridized carbons (Fsp3) is 0.385. The van der Waals surface area contributed by atoms with Crippen LogP contribution in [-0.4, -0.2) is 41.0 Å². The molecule has 5 rings (SSSR count). The molecule has 0 radical (unpaired) electrons. The van der Waals surface area contributed by atoms with Gasteiger partial charge < -0.3 is 14.5 Å². The summed E-state index contributed by atoms with van der Waals surface area (Å²) >= 11 is 0. The first-order valence-corrected chi connectivity index (χ1v) is 11.6. The summed E-state index contributed by atoms with van der Waals surface area (Å²) in [6.45, 7) is 1.80. The number of carbonyl (C=O) groups is 1. The molecule has 0 bridgehead atoms. The van der Waals surface area contributed by atoms with Crippen LogP contribution in [0.1, 0.15) is 41.5 Å². The smallest absolute Gasteiger partial charge is 0.409 e. The van der Waals surface area contributed by atoms with Crippen LogP contribution in [0.5, 0.6) is 0 Å². The van der Waals surface area contributed by atoms with Crippen molar-refractivity contribution >= 4 is 17.5 Å². The molecule has 1 amide bonds. The minimum absolute atomic E-state index is 0.0110. The minimum atomic E-state index is -2.60. The predicted molar refractivity (Wildman–Crippen MR) is 127 cm³/mol. The SMILES string of the molecule is COC(=O)N1CCCc2cccc(N3CCCc4cc(-c5cnn(C)c5)c(C(F)F)cc43)c2C1. The molecule has 0 saturated carbocycles. The molecular formula is C26H28F2N4O2. The van der Waals surface area contributed by atoms with E-state index in [1.165, 1.54) is 12.7 Å². The van der Waals surface area contributed by atoms with Gasteiger partial charge in [0.2, 0.25) is 0 Å². The van der Waals surface area contributed by atoms with Crippen molar-refractivity contribution in [3.05, 3.63) is 65.0 Å². The number of alkyl halides is 2. The van der Waals surface area contributed by atoms with Crippen LogP contribution in [0, 0.1) is 0 Å². The Morgan fingerprint density at radius 1 is 1.09 bits per heavy atom. The van der Waals surface area contributed by atoms with E-state index in [0.29, 0.717) is 24.2 Å². The zero-order valence-corrected chi connectivity index (χ0v) is 19.4. The normalized spacial score (nSPS) is 15.7. The van der Waals surface area contributed by atoms with E-state index in [4.69, 9.17) is 4.74 Å². The number of benzene rings is 2. The Morgan fingerprint density at radius 3 is 2.62 bits per heavy atom. The number of amides is 1. The highest BCUT2D eigenvalue weighted by Crippen LogP contribution is 2.43. The molecule has 2 aliphatic rings. The minimum Gasteiger partial charge on any atom is -0.453 e. The van der Waals surface area contributed by atoms with E-state index >= 15 is 0 Å². The average molecular weight is 467 g/mol. The molecule has 0 aliphatic carbocycles. The number of fused-ring (bicyclic) bond motifs is 2. The first-order chi connectivity index (χ1) is 16.5. The van der Waals surface area contributed by atoms with E-state index in [9.17, 15) is 13.6 Å². The number of halogens is 2. The number of methoxy groups -OCH3 is 1. The highest BCUT2D eigenvalue weighted by Gasteiger charge is 2.28. The van der Waals surface area contributed by atoms with E-state index in [-0.39, 0.29) is 11.7 Å². The van der Waals surface area contributed by atoms with Crippen molar-refractivity contribution in [2.75, 3.05) is 25.1 Å². The highest BCUT2D eigenvalue weighted by molar-refractivity contribution is 5.78. The molecule has 6 nitrogen and oxygen atoms in total. The first kappa shape index (κ1) is 22.4. The van der Waals surface area contributed by atoms with Crippen LogP contribution in [0.2, 0.25) is 0 Å². The van der Waals surface area contributed by atoms with Gasteiger partial charge in [0.05, 0.1) is 19.9 Å². The van der Waals surface area contributed by atoms with Crippen molar-refractivity contribution in [3.63, 3.8) is 0 Å². The van der Waals surface area contributed by atoms with Gasteiger partial charge in [-0.2, -0.15) is 5.10 Å². The van der Waals surface area contributed by atoms with Gasteiger partial charge in [0.15, 0.2) is 0 Å². The Morgan fingerprint density at radius 2 is 1.88 bits per heavy atom. The summed E-state index contributed by atoms with van der Waals surface area (Å²) in [5.74, 6) is 0. The molecule has 1 aromatic heterocycles. The van der Waals surface area contributed by atoms with Crippen LogP contribution in [0.25, 0.3) is 11.1 Å². The quantitative estimate of drug-likeness (QED) is 0.503. The van der Waals surface area contributed by atoms with Gasteiger partial charge in [0.1, 0.15) is 0 Å². The fourth-order valence-electron chi connectivity index (χ4n) is 5.20. The van der Waals surface area contributed by atoms with E-state index in [1.807, 2.05) is 18.2 Å². The van der Waals surface area contributed by atoms with Crippen LogP contribution in [-0.2, 0) is 31.2 Å². The summed E-state index contributed by atoms with van der Waals surface area (Å²) in [7, 11) is 3.18. The van der Waals surface area contributed by atoms with Crippen LogP contribution in [0.4, 0.5) is 25.0 Å². The Bertz CT molecular complexity index is 1220. The summed E-state index contributed by atoms with van der Waals surface area (Å²) in [5.41, 5.74) is 6.33. The molecule has 8 heteroatoms. The highest BCUT2D eigenvalue weighted by atomic mass is 19.3. The third kappa shape index (κ3) is 4.02. The van der Waals surface area contributed by atoms with E-state index in [0.717, 1.165) is 54.7 Å². The molecule has 34 heavy (non-hydrogen) atoms. The fourth-order valence-corrected chi connectivity index (χ4v) is 5.20. The van der Waals surface area contributed by atoms with Crippen molar-refractivity contribution in [1.82, 2.24) is 14.7 Å². The summed E-state index contributed by atoms with van der Waals surface area (Å²) < 4.78 is 35.1. The molecule has 0 spiro atoms. The molecule has 0 fully saturated rings. The molecule has 2 aromatic carbocycles. The lowest BCUT2D eigenvalue weighted by Gasteiger charge is -2.35. The Balaban J connectivity index is 1.61. The lowest BCUT2D eigenvalue weighted by molar-refractivity contribution is 0.121. The molecular weight excluding hydrogens is 438 g/mol. The van der Waals surface area contributed by atoms with E-state index in [2.05, 4.69) is 16.1 Å². The van der Waals surface area contributed by atoms with Gasteiger partial charge in [0, 0.05) is 48.8 Å². The number of hydrogen-bond donors (Lipinski definition) is 0. The Hall–Kier alpha value is -3.42. The van der Waals surface area contributed by atoms with Gasteiger partial charge in [-0.05, 0) is 66.1 Å². The monoisotopic (exact) mass is 466 g/mol. The zero-order valence-electron chi connectivity index (χ0n) is 19.4. The van der Waals surface area contributed by atoms with E-state index < -0.39 is 6.43 Å². The Kier molecular flexibility index (Phi) is 5.98. The van der Waals surface area contributed by atoms with Crippen LogP contribution in [0.15, 0.2) is 42.7 Å². The largest absolute Gasteiger partial charge is 0.453 e. The molecule has 178 valence electrons. The molecule has 0 N–H and O–H groups in total. The lowest BCUT2D eigenvalue weighted by atomic mass is 9.92. The number of aromatic nitrogens is 2. The van der Waals surface area contributed by atoms with Crippen molar-refractivity contribution in [2.24, 2.45) is 7.05 Å². The lowest BCUT2D eigenvalue weighted by Crippen LogP contribution is -2.32. The molecule has 2 aliphatic heterocycles. The van der Waals surface area contributed by atoms with Gasteiger partial charge in [0.25, 0.3) is 6.43 Å². The third-order valence-corrected chi connectivity index (χ3v) is 6.82. The maximum Gasteiger partial charge on any atom is 0.409 e. The molecule has 0 unspecified atom stereocenters. The zero-order chi connectivity index (χ0) is 23.8. The second-order valence-corrected chi connectivity index (χ2v) is 8.94. The maximum atomic E-state index is 14.2.